The van der Waals surface area contributed by atoms with Crippen LogP contribution in [0.1, 0.15) is 36.3 Å². The first-order valence-corrected chi connectivity index (χ1v) is 7.56. The van der Waals surface area contributed by atoms with Gasteiger partial charge in [0.2, 0.25) is 0 Å². The summed E-state index contributed by atoms with van der Waals surface area (Å²) in [5.74, 6) is 0.356. The van der Waals surface area contributed by atoms with Crippen molar-refractivity contribution in [3.05, 3.63) is 30.1 Å². The van der Waals surface area contributed by atoms with E-state index in [1.54, 1.807) is 4.90 Å². The Hall–Kier alpha value is -1.88. The number of nitrogens with one attached hydrogen (secondary N) is 1. The van der Waals surface area contributed by atoms with E-state index in [9.17, 15) is 4.79 Å². The molecule has 1 aliphatic heterocycles. The van der Waals surface area contributed by atoms with Crippen LogP contribution in [0.5, 0.6) is 0 Å². The monoisotopic (exact) mass is 287 g/mol. The molecule has 2 heterocycles. The van der Waals surface area contributed by atoms with Gasteiger partial charge in [-0.1, -0.05) is 12.1 Å². The number of carbonyl (C=O) groups is 1. The minimum Gasteiger partial charge on any atom is -0.378 e. The van der Waals surface area contributed by atoms with E-state index in [0.29, 0.717) is 11.9 Å². The second-order valence-corrected chi connectivity index (χ2v) is 5.61. The molecule has 1 fully saturated rings. The predicted molar refractivity (Wildman–Crippen MR) is 81.3 cm³/mol. The molecule has 5 nitrogen and oxygen atoms in total. The van der Waals surface area contributed by atoms with E-state index >= 15 is 0 Å². The number of carbonyl (C=O) groups excluding carboxylic acids is 1. The molecule has 112 valence electrons. The van der Waals surface area contributed by atoms with Gasteiger partial charge in [-0.2, -0.15) is 0 Å². The van der Waals surface area contributed by atoms with Crippen LogP contribution >= 0.6 is 0 Å². The van der Waals surface area contributed by atoms with E-state index in [1.807, 2.05) is 31.3 Å². The van der Waals surface area contributed by atoms with Crippen LogP contribution in [0, 0.1) is 0 Å². The van der Waals surface area contributed by atoms with Crippen LogP contribution in [0.25, 0.3) is 11.0 Å². The lowest BCUT2D eigenvalue weighted by atomic mass is 10.1. The van der Waals surface area contributed by atoms with Gasteiger partial charge < -0.3 is 14.6 Å². The van der Waals surface area contributed by atoms with Gasteiger partial charge in [-0.15, -0.1) is 0 Å². The molecule has 5 heteroatoms. The SMILES string of the molecule is CN(CCCC1CCCO1)C(=O)c1nc2ccccc2[nH]1. The van der Waals surface area contributed by atoms with Gasteiger partial charge in [0.1, 0.15) is 0 Å². The number of aromatic amines is 1. The Kier molecular flexibility index (Phi) is 4.20. The average molecular weight is 287 g/mol. The van der Waals surface area contributed by atoms with Crippen molar-refractivity contribution >= 4 is 16.9 Å². The summed E-state index contributed by atoms with van der Waals surface area (Å²) in [4.78, 5) is 21.5. The number of ether oxygens (including phenoxy) is 1. The summed E-state index contributed by atoms with van der Waals surface area (Å²) in [6, 6.07) is 7.68. The average Bonchev–Trinajstić information content (AvgIpc) is 3.15. The summed E-state index contributed by atoms with van der Waals surface area (Å²) in [5, 5.41) is 0. The fraction of sp³-hybridized carbons (Fsp3) is 0.500. The van der Waals surface area contributed by atoms with Crippen molar-refractivity contribution in [2.24, 2.45) is 0 Å². The van der Waals surface area contributed by atoms with Gasteiger partial charge in [0.25, 0.3) is 5.91 Å². The summed E-state index contributed by atoms with van der Waals surface area (Å²) in [5.41, 5.74) is 1.72. The molecule has 1 unspecified atom stereocenters. The number of nitrogens with zero attached hydrogens (tertiary/aromatic N) is 2. The van der Waals surface area contributed by atoms with Crippen LogP contribution in [0.15, 0.2) is 24.3 Å². The maximum Gasteiger partial charge on any atom is 0.289 e. The molecule has 2 aromatic rings. The van der Waals surface area contributed by atoms with Crippen LogP contribution in [-0.2, 0) is 4.74 Å². The Morgan fingerprint density at radius 3 is 3.10 bits per heavy atom. The van der Waals surface area contributed by atoms with Gasteiger partial charge >= 0.3 is 0 Å². The molecule has 0 radical (unpaired) electrons. The van der Waals surface area contributed by atoms with Gasteiger partial charge in [-0.05, 0) is 37.8 Å². The zero-order chi connectivity index (χ0) is 14.7. The smallest absolute Gasteiger partial charge is 0.289 e. The Morgan fingerprint density at radius 2 is 2.33 bits per heavy atom. The molecule has 0 spiro atoms. The minimum atomic E-state index is -0.0569. The molecule has 1 aromatic carbocycles. The Bertz CT molecular complexity index is 584. The summed E-state index contributed by atoms with van der Waals surface area (Å²) >= 11 is 0. The standard InChI is InChI=1S/C16H21N3O2/c1-19(10-4-6-12-7-5-11-21-12)16(20)15-17-13-8-2-3-9-14(13)18-15/h2-3,8-9,12H,4-7,10-11H2,1H3,(H,17,18). The molecule has 1 N–H and O–H groups in total. The molecular weight excluding hydrogens is 266 g/mol. The Balaban J connectivity index is 1.55. The molecule has 21 heavy (non-hydrogen) atoms. The molecule has 1 aliphatic rings. The first-order valence-electron chi connectivity index (χ1n) is 7.56. The number of hydrogen-bond donors (Lipinski definition) is 1. The number of rotatable bonds is 5. The highest BCUT2D eigenvalue weighted by molar-refractivity contribution is 5.93. The third-order valence-electron chi connectivity index (χ3n) is 3.98. The van der Waals surface area contributed by atoms with Crippen molar-refractivity contribution in [1.29, 1.82) is 0 Å². The van der Waals surface area contributed by atoms with E-state index in [4.69, 9.17) is 4.74 Å². The van der Waals surface area contributed by atoms with E-state index in [-0.39, 0.29) is 5.91 Å². The number of fused-ring (bicyclic) bond motifs is 1. The van der Waals surface area contributed by atoms with Crippen molar-refractivity contribution in [3.63, 3.8) is 0 Å². The second kappa shape index (κ2) is 6.26. The Morgan fingerprint density at radius 1 is 1.48 bits per heavy atom. The summed E-state index contributed by atoms with van der Waals surface area (Å²) < 4.78 is 5.60. The van der Waals surface area contributed by atoms with Crippen molar-refractivity contribution < 1.29 is 9.53 Å². The lowest BCUT2D eigenvalue weighted by molar-refractivity contribution is 0.0753. The number of H-pyrrole nitrogens is 1. The zero-order valence-electron chi connectivity index (χ0n) is 12.3. The fourth-order valence-corrected chi connectivity index (χ4v) is 2.76. The zero-order valence-corrected chi connectivity index (χ0v) is 12.3. The number of benzene rings is 1. The maximum atomic E-state index is 12.3. The second-order valence-electron chi connectivity index (χ2n) is 5.61. The normalized spacial score (nSPS) is 18.2. The number of para-hydroxylation sites is 2. The third kappa shape index (κ3) is 3.24. The van der Waals surface area contributed by atoms with Crippen molar-refractivity contribution in [2.75, 3.05) is 20.2 Å². The Labute approximate surface area is 124 Å². The minimum absolute atomic E-state index is 0.0569. The molecule has 0 saturated carbocycles. The highest BCUT2D eigenvalue weighted by Crippen LogP contribution is 2.17. The molecule has 0 aliphatic carbocycles. The topological polar surface area (TPSA) is 58.2 Å². The molecule has 1 aromatic heterocycles. The summed E-state index contributed by atoms with van der Waals surface area (Å²) in [7, 11) is 1.82. The van der Waals surface area contributed by atoms with Gasteiger partial charge in [-0.3, -0.25) is 4.79 Å². The lowest BCUT2D eigenvalue weighted by Crippen LogP contribution is -2.29. The summed E-state index contributed by atoms with van der Waals surface area (Å²) in [6.07, 6.45) is 4.70. The van der Waals surface area contributed by atoms with Crippen molar-refractivity contribution in [2.45, 2.75) is 31.8 Å². The molecule has 0 bridgehead atoms. The maximum absolute atomic E-state index is 12.3. The van der Waals surface area contributed by atoms with E-state index in [1.165, 1.54) is 6.42 Å². The molecular formula is C16H21N3O2. The number of hydrogen-bond acceptors (Lipinski definition) is 3. The molecule has 1 amide bonds. The van der Waals surface area contributed by atoms with Gasteiger partial charge in [0.15, 0.2) is 5.82 Å². The fourth-order valence-electron chi connectivity index (χ4n) is 2.76. The number of aromatic nitrogens is 2. The van der Waals surface area contributed by atoms with E-state index in [2.05, 4.69) is 9.97 Å². The lowest BCUT2D eigenvalue weighted by Gasteiger charge is -2.16. The van der Waals surface area contributed by atoms with Crippen LogP contribution in [-0.4, -0.2) is 47.1 Å². The quantitative estimate of drug-likeness (QED) is 0.919. The van der Waals surface area contributed by atoms with Crippen LogP contribution < -0.4 is 0 Å². The highest BCUT2D eigenvalue weighted by atomic mass is 16.5. The van der Waals surface area contributed by atoms with E-state index in [0.717, 1.165) is 43.4 Å². The largest absolute Gasteiger partial charge is 0.378 e. The van der Waals surface area contributed by atoms with Crippen LogP contribution in [0.2, 0.25) is 0 Å². The number of amides is 1. The predicted octanol–water partition coefficient (Wildman–Crippen LogP) is 2.59. The van der Waals surface area contributed by atoms with E-state index < -0.39 is 0 Å². The van der Waals surface area contributed by atoms with Gasteiger partial charge in [0, 0.05) is 20.2 Å². The summed E-state index contributed by atoms with van der Waals surface area (Å²) in [6.45, 7) is 1.62. The molecule has 1 atom stereocenters. The molecule has 1 saturated heterocycles. The van der Waals surface area contributed by atoms with Gasteiger partial charge in [0.05, 0.1) is 17.1 Å². The van der Waals surface area contributed by atoms with Crippen LogP contribution in [0.3, 0.4) is 0 Å². The number of imidazole rings is 1. The third-order valence-corrected chi connectivity index (χ3v) is 3.98. The van der Waals surface area contributed by atoms with Crippen molar-refractivity contribution in [1.82, 2.24) is 14.9 Å². The van der Waals surface area contributed by atoms with Gasteiger partial charge in [-0.25, -0.2) is 4.98 Å². The first-order chi connectivity index (χ1) is 10.2. The highest BCUT2D eigenvalue weighted by Gasteiger charge is 2.18. The van der Waals surface area contributed by atoms with Crippen molar-refractivity contribution in [3.8, 4) is 0 Å². The molecule has 3 rings (SSSR count). The van der Waals surface area contributed by atoms with Crippen LogP contribution in [0.4, 0.5) is 0 Å². The first kappa shape index (κ1) is 14.1.